The molecule has 0 fully saturated rings. The highest BCUT2D eigenvalue weighted by Crippen LogP contribution is 2.36. The fourth-order valence-corrected chi connectivity index (χ4v) is 3.64. The van der Waals surface area contributed by atoms with Crippen molar-refractivity contribution >= 4 is 17.5 Å². The second kappa shape index (κ2) is 8.39. The summed E-state index contributed by atoms with van der Waals surface area (Å²) in [5.41, 5.74) is 3.47. The molecular formula is C23H26N4O2. The van der Waals surface area contributed by atoms with Crippen LogP contribution in [0.1, 0.15) is 18.2 Å². The number of nitrogens with zero attached hydrogens (tertiary/aromatic N) is 3. The van der Waals surface area contributed by atoms with Crippen LogP contribution in [-0.2, 0) is 6.42 Å². The Morgan fingerprint density at radius 1 is 1.07 bits per heavy atom. The second-order valence-electron chi connectivity index (χ2n) is 7.20. The second-order valence-corrected chi connectivity index (χ2v) is 7.20. The zero-order chi connectivity index (χ0) is 20.2. The Morgan fingerprint density at radius 2 is 1.83 bits per heavy atom. The van der Waals surface area contributed by atoms with Crippen molar-refractivity contribution < 1.29 is 9.47 Å². The van der Waals surface area contributed by atoms with E-state index in [4.69, 9.17) is 14.5 Å². The number of para-hydroxylation sites is 1. The minimum atomic E-state index is 0.334. The Hall–Kier alpha value is -3.28. The van der Waals surface area contributed by atoms with Crippen molar-refractivity contribution in [2.75, 3.05) is 30.5 Å². The molecule has 2 heterocycles. The Labute approximate surface area is 171 Å². The van der Waals surface area contributed by atoms with Gasteiger partial charge in [-0.25, -0.2) is 4.98 Å². The van der Waals surface area contributed by atoms with Gasteiger partial charge in [-0.05, 0) is 56.2 Å². The van der Waals surface area contributed by atoms with Crippen LogP contribution in [0.4, 0.5) is 17.5 Å². The zero-order valence-corrected chi connectivity index (χ0v) is 17.1. The highest BCUT2D eigenvalue weighted by Gasteiger charge is 2.28. The van der Waals surface area contributed by atoms with Gasteiger partial charge in [-0.2, -0.15) is 4.98 Å². The third kappa shape index (κ3) is 4.26. The van der Waals surface area contributed by atoms with E-state index in [0.717, 1.165) is 35.4 Å². The number of methoxy groups -OCH3 is 1. The van der Waals surface area contributed by atoms with Gasteiger partial charge in [0.05, 0.1) is 13.7 Å². The highest BCUT2D eigenvalue weighted by atomic mass is 16.5. The lowest BCUT2D eigenvalue weighted by atomic mass is 10.1. The molecule has 1 aliphatic rings. The Bertz CT molecular complexity index is 975. The van der Waals surface area contributed by atoms with Crippen LogP contribution in [0.3, 0.4) is 0 Å². The van der Waals surface area contributed by atoms with Crippen molar-refractivity contribution in [2.45, 2.75) is 26.3 Å². The Morgan fingerprint density at radius 3 is 2.62 bits per heavy atom. The van der Waals surface area contributed by atoms with Gasteiger partial charge in [0.2, 0.25) is 5.95 Å². The molecule has 0 bridgehead atoms. The first-order valence-electron chi connectivity index (χ1n) is 9.87. The minimum absolute atomic E-state index is 0.334. The number of aryl methyl sites for hydroxylation is 1. The number of hydrogen-bond acceptors (Lipinski definition) is 6. The predicted molar refractivity (Wildman–Crippen MR) is 115 cm³/mol. The number of nitrogens with one attached hydrogen (secondary N) is 1. The molecule has 29 heavy (non-hydrogen) atoms. The first kappa shape index (κ1) is 19.1. The molecule has 0 amide bonds. The molecular weight excluding hydrogens is 364 g/mol. The van der Waals surface area contributed by atoms with Crippen molar-refractivity contribution in [3.63, 3.8) is 0 Å². The Balaban J connectivity index is 1.41. The predicted octanol–water partition coefficient (Wildman–Crippen LogP) is 4.37. The highest BCUT2D eigenvalue weighted by molar-refractivity contribution is 5.67. The summed E-state index contributed by atoms with van der Waals surface area (Å²) in [6.07, 6.45) is 1.01. The summed E-state index contributed by atoms with van der Waals surface area (Å²) < 4.78 is 10.9. The summed E-state index contributed by atoms with van der Waals surface area (Å²) in [7, 11) is 1.65. The molecule has 0 saturated heterocycles. The Kier molecular flexibility index (Phi) is 5.51. The molecule has 0 spiro atoms. The van der Waals surface area contributed by atoms with E-state index in [1.54, 1.807) is 7.11 Å². The molecule has 0 radical (unpaired) electrons. The molecule has 1 N–H and O–H groups in total. The maximum atomic E-state index is 5.78. The SMILES string of the molecule is COc1ccc(OCCNc2cc(C)nc(N3c4ccccc4CC3C)n2)cc1. The van der Waals surface area contributed by atoms with Gasteiger partial charge in [0.1, 0.15) is 23.9 Å². The molecule has 0 saturated carbocycles. The fourth-order valence-electron chi connectivity index (χ4n) is 3.64. The molecule has 1 atom stereocenters. The monoisotopic (exact) mass is 390 g/mol. The largest absolute Gasteiger partial charge is 0.497 e. The van der Waals surface area contributed by atoms with E-state index >= 15 is 0 Å². The van der Waals surface area contributed by atoms with Crippen LogP contribution < -0.4 is 19.7 Å². The van der Waals surface area contributed by atoms with Gasteiger partial charge in [0.25, 0.3) is 0 Å². The molecule has 0 aliphatic carbocycles. The molecule has 4 rings (SSSR count). The van der Waals surface area contributed by atoms with Crippen molar-refractivity contribution in [1.82, 2.24) is 9.97 Å². The van der Waals surface area contributed by atoms with E-state index in [1.807, 2.05) is 37.3 Å². The van der Waals surface area contributed by atoms with E-state index in [2.05, 4.69) is 46.4 Å². The molecule has 1 unspecified atom stereocenters. The van der Waals surface area contributed by atoms with E-state index < -0.39 is 0 Å². The number of anilines is 3. The lowest BCUT2D eigenvalue weighted by Gasteiger charge is -2.23. The quantitative estimate of drug-likeness (QED) is 0.605. The molecule has 6 heteroatoms. The molecule has 150 valence electrons. The zero-order valence-electron chi connectivity index (χ0n) is 17.1. The van der Waals surface area contributed by atoms with Crippen LogP contribution in [0.2, 0.25) is 0 Å². The summed E-state index contributed by atoms with van der Waals surface area (Å²) in [5.74, 6) is 3.18. The lowest BCUT2D eigenvalue weighted by molar-refractivity contribution is 0.331. The van der Waals surface area contributed by atoms with Gasteiger partial charge in [-0.3, -0.25) is 0 Å². The van der Waals surface area contributed by atoms with Crippen molar-refractivity contribution in [3.8, 4) is 11.5 Å². The maximum absolute atomic E-state index is 5.78. The third-order valence-corrected chi connectivity index (χ3v) is 5.00. The van der Waals surface area contributed by atoms with Crippen LogP contribution in [0.5, 0.6) is 11.5 Å². The molecule has 3 aromatic rings. The first-order valence-corrected chi connectivity index (χ1v) is 9.87. The van der Waals surface area contributed by atoms with Gasteiger partial charge in [-0.15, -0.1) is 0 Å². The summed E-state index contributed by atoms with van der Waals surface area (Å²) >= 11 is 0. The summed E-state index contributed by atoms with van der Waals surface area (Å²) in [5, 5.41) is 3.35. The van der Waals surface area contributed by atoms with E-state index in [9.17, 15) is 0 Å². The van der Waals surface area contributed by atoms with Gasteiger partial charge in [0, 0.05) is 23.5 Å². The summed E-state index contributed by atoms with van der Waals surface area (Å²) in [4.78, 5) is 11.7. The third-order valence-electron chi connectivity index (χ3n) is 5.00. The topological polar surface area (TPSA) is 59.5 Å². The molecule has 6 nitrogen and oxygen atoms in total. The first-order chi connectivity index (χ1) is 14.1. The van der Waals surface area contributed by atoms with Crippen LogP contribution >= 0.6 is 0 Å². The van der Waals surface area contributed by atoms with Crippen molar-refractivity contribution in [3.05, 3.63) is 65.9 Å². The number of fused-ring (bicyclic) bond motifs is 1. The molecule has 2 aromatic carbocycles. The van der Waals surface area contributed by atoms with Gasteiger partial charge in [0.15, 0.2) is 0 Å². The average molecular weight is 390 g/mol. The lowest BCUT2D eigenvalue weighted by Crippen LogP contribution is -2.26. The van der Waals surface area contributed by atoms with E-state index in [1.165, 1.54) is 11.3 Å². The standard InChI is InChI=1S/C23H26N4O2/c1-16-14-22(24-12-13-29-20-10-8-19(28-3)9-11-20)26-23(25-16)27-17(2)15-18-6-4-5-7-21(18)27/h4-11,14,17H,12-13,15H2,1-3H3,(H,24,25,26). The molecule has 1 aromatic heterocycles. The van der Waals surface area contributed by atoms with Crippen LogP contribution in [0.15, 0.2) is 54.6 Å². The number of ether oxygens (including phenoxy) is 2. The molecule has 1 aliphatic heterocycles. The van der Waals surface area contributed by atoms with Crippen LogP contribution in [-0.4, -0.2) is 36.3 Å². The van der Waals surface area contributed by atoms with E-state index in [0.29, 0.717) is 19.2 Å². The van der Waals surface area contributed by atoms with Gasteiger partial charge >= 0.3 is 0 Å². The van der Waals surface area contributed by atoms with Crippen molar-refractivity contribution in [1.29, 1.82) is 0 Å². The van der Waals surface area contributed by atoms with Crippen LogP contribution in [0, 0.1) is 6.92 Å². The normalized spacial score (nSPS) is 15.1. The van der Waals surface area contributed by atoms with Gasteiger partial charge in [-0.1, -0.05) is 18.2 Å². The number of hydrogen-bond donors (Lipinski definition) is 1. The summed E-state index contributed by atoms with van der Waals surface area (Å²) in [6.45, 7) is 5.39. The number of rotatable bonds is 7. The van der Waals surface area contributed by atoms with E-state index in [-0.39, 0.29) is 0 Å². The number of aromatic nitrogens is 2. The summed E-state index contributed by atoms with van der Waals surface area (Å²) in [6, 6.07) is 18.3. The van der Waals surface area contributed by atoms with Crippen LogP contribution in [0.25, 0.3) is 0 Å². The smallest absolute Gasteiger partial charge is 0.232 e. The van der Waals surface area contributed by atoms with Crippen molar-refractivity contribution in [2.24, 2.45) is 0 Å². The number of benzene rings is 2. The fraction of sp³-hybridized carbons (Fsp3) is 0.304. The van der Waals surface area contributed by atoms with Gasteiger partial charge < -0.3 is 19.7 Å². The minimum Gasteiger partial charge on any atom is -0.497 e. The maximum Gasteiger partial charge on any atom is 0.232 e. The average Bonchev–Trinajstić information content (AvgIpc) is 3.07.